The van der Waals surface area contributed by atoms with Gasteiger partial charge in [-0.15, -0.1) is 0 Å². The first-order valence-electron chi connectivity index (χ1n) is 8.23. The molecule has 4 heteroatoms. The SMILES string of the molecule is COc1ccc([C@@H]2[C@@H](C(=O)c3cccc[n+]3[O-])[C@H]3C=C[C@@H]2C3)cc1. The minimum Gasteiger partial charge on any atom is -0.618 e. The molecular weight excluding hydrogens is 302 g/mol. The van der Waals surface area contributed by atoms with Crippen LogP contribution < -0.4 is 9.47 Å². The molecule has 4 nitrogen and oxygen atoms in total. The van der Waals surface area contributed by atoms with Crippen LogP contribution in [0.4, 0.5) is 0 Å². The number of ether oxygens (including phenoxy) is 1. The van der Waals surface area contributed by atoms with E-state index < -0.39 is 0 Å². The molecule has 1 aromatic heterocycles. The van der Waals surface area contributed by atoms with E-state index in [4.69, 9.17) is 4.74 Å². The second kappa shape index (κ2) is 5.78. The smallest absolute Gasteiger partial charge is 0.260 e. The van der Waals surface area contributed by atoms with Crippen LogP contribution in [0.1, 0.15) is 28.4 Å². The van der Waals surface area contributed by atoms with Gasteiger partial charge in [0, 0.05) is 24.0 Å². The lowest BCUT2D eigenvalue weighted by Crippen LogP contribution is -2.38. The molecule has 4 atom stereocenters. The van der Waals surface area contributed by atoms with E-state index in [0.29, 0.717) is 10.6 Å². The number of ketones is 1. The van der Waals surface area contributed by atoms with Gasteiger partial charge in [0.05, 0.1) is 7.11 Å². The molecule has 1 fully saturated rings. The highest BCUT2D eigenvalue weighted by Crippen LogP contribution is 2.53. The van der Waals surface area contributed by atoms with Crippen molar-refractivity contribution in [2.45, 2.75) is 12.3 Å². The first-order chi connectivity index (χ1) is 11.7. The fourth-order valence-corrected chi connectivity index (χ4v) is 4.25. The van der Waals surface area contributed by atoms with Crippen molar-refractivity contribution in [1.82, 2.24) is 0 Å². The van der Waals surface area contributed by atoms with Gasteiger partial charge in [0.15, 0.2) is 6.20 Å². The van der Waals surface area contributed by atoms with Gasteiger partial charge in [-0.25, -0.2) is 0 Å². The average molecular weight is 321 g/mol. The van der Waals surface area contributed by atoms with Crippen LogP contribution in [0.5, 0.6) is 5.75 Å². The second-order valence-corrected chi connectivity index (χ2v) is 6.55. The van der Waals surface area contributed by atoms with Crippen LogP contribution in [0.25, 0.3) is 0 Å². The molecule has 0 aliphatic heterocycles. The highest BCUT2D eigenvalue weighted by atomic mass is 16.5. The minimum atomic E-state index is -0.170. The van der Waals surface area contributed by atoms with Crippen molar-refractivity contribution in [2.24, 2.45) is 17.8 Å². The lowest BCUT2D eigenvalue weighted by molar-refractivity contribution is -0.607. The van der Waals surface area contributed by atoms with Crippen molar-refractivity contribution in [3.05, 3.63) is 77.3 Å². The maximum absolute atomic E-state index is 13.1. The molecule has 0 saturated heterocycles. The Morgan fingerprint density at radius 2 is 1.88 bits per heavy atom. The number of benzene rings is 1. The number of hydrogen-bond acceptors (Lipinski definition) is 3. The molecule has 0 amide bonds. The van der Waals surface area contributed by atoms with E-state index >= 15 is 0 Å². The van der Waals surface area contributed by atoms with Gasteiger partial charge < -0.3 is 9.94 Å². The van der Waals surface area contributed by atoms with Crippen molar-refractivity contribution in [3.63, 3.8) is 0 Å². The van der Waals surface area contributed by atoms with Crippen molar-refractivity contribution in [3.8, 4) is 5.75 Å². The molecule has 4 rings (SSSR count). The summed E-state index contributed by atoms with van der Waals surface area (Å²) in [4.78, 5) is 13.1. The average Bonchev–Trinajstić information content (AvgIpc) is 3.23. The monoisotopic (exact) mass is 321 g/mol. The van der Waals surface area contributed by atoms with Crippen LogP contribution in [0.15, 0.2) is 60.8 Å². The third-order valence-electron chi connectivity index (χ3n) is 5.34. The molecule has 2 aliphatic rings. The van der Waals surface area contributed by atoms with Crippen molar-refractivity contribution in [2.75, 3.05) is 7.11 Å². The highest BCUT2D eigenvalue weighted by Gasteiger charge is 2.50. The molecule has 2 aromatic rings. The molecule has 24 heavy (non-hydrogen) atoms. The summed E-state index contributed by atoms with van der Waals surface area (Å²) in [7, 11) is 1.64. The summed E-state index contributed by atoms with van der Waals surface area (Å²) in [5, 5.41) is 12.0. The molecule has 2 bridgehead atoms. The van der Waals surface area contributed by atoms with E-state index in [1.807, 2.05) is 24.3 Å². The zero-order valence-corrected chi connectivity index (χ0v) is 13.5. The molecule has 0 radical (unpaired) electrons. The molecule has 0 unspecified atom stereocenters. The normalized spacial score (nSPS) is 27.4. The van der Waals surface area contributed by atoms with Crippen molar-refractivity contribution in [1.29, 1.82) is 0 Å². The summed E-state index contributed by atoms with van der Waals surface area (Å²) in [6.07, 6.45) is 6.74. The summed E-state index contributed by atoms with van der Waals surface area (Å²) in [5.74, 6) is 1.29. The van der Waals surface area contributed by atoms with E-state index in [1.54, 1.807) is 25.3 Å². The maximum Gasteiger partial charge on any atom is 0.260 e. The summed E-state index contributed by atoms with van der Waals surface area (Å²) >= 11 is 0. The highest BCUT2D eigenvalue weighted by molar-refractivity contribution is 5.96. The third kappa shape index (κ3) is 2.30. The Morgan fingerprint density at radius 3 is 2.58 bits per heavy atom. The first-order valence-corrected chi connectivity index (χ1v) is 8.23. The summed E-state index contributed by atoms with van der Waals surface area (Å²) < 4.78 is 5.91. The first kappa shape index (κ1) is 14.9. The van der Waals surface area contributed by atoms with Crippen LogP contribution in [0.2, 0.25) is 0 Å². The minimum absolute atomic E-state index is 0.0525. The van der Waals surface area contributed by atoms with Gasteiger partial charge in [0.1, 0.15) is 5.75 Å². The van der Waals surface area contributed by atoms with Gasteiger partial charge >= 0.3 is 0 Å². The van der Waals surface area contributed by atoms with Gasteiger partial charge in [-0.05, 0) is 42.0 Å². The molecular formula is C20H19NO3. The topological polar surface area (TPSA) is 53.2 Å². The third-order valence-corrected chi connectivity index (χ3v) is 5.34. The Balaban J connectivity index is 1.71. The lowest BCUT2D eigenvalue weighted by atomic mass is 9.75. The predicted octanol–water partition coefficient (Wildman–Crippen LogP) is 3.12. The van der Waals surface area contributed by atoms with E-state index in [-0.39, 0.29) is 29.2 Å². The Hall–Kier alpha value is -2.62. The Kier molecular flexibility index (Phi) is 3.60. The molecule has 1 heterocycles. The second-order valence-electron chi connectivity index (χ2n) is 6.55. The Labute approximate surface area is 141 Å². The van der Waals surface area contributed by atoms with Gasteiger partial charge in [-0.2, -0.15) is 4.73 Å². The fourth-order valence-electron chi connectivity index (χ4n) is 4.25. The van der Waals surface area contributed by atoms with E-state index in [2.05, 4.69) is 12.2 Å². The number of carbonyl (C=O) groups excluding carboxylic acids is 1. The number of fused-ring (bicyclic) bond motifs is 2. The molecule has 122 valence electrons. The zero-order valence-electron chi connectivity index (χ0n) is 13.5. The number of Topliss-reactive ketones (excluding diaryl/α,β-unsaturated/α-hetero) is 1. The molecule has 2 aliphatic carbocycles. The van der Waals surface area contributed by atoms with Gasteiger partial charge in [-0.1, -0.05) is 24.3 Å². The van der Waals surface area contributed by atoms with E-state index in [0.717, 1.165) is 17.7 Å². The Morgan fingerprint density at radius 1 is 1.12 bits per heavy atom. The van der Waals surface area contributed by atoms with Crippen molar-refractivity contribution < 1.29 is 14.3 Å². The number of methoxy groups -OCH3 is 1. The number of allylic oxidation sites excluding steroid dienone is 2. The molecule has 1 saturated carbocycles. The summed E-state index contributed by atoms with van der Waals surface area (Å²) in [5.41, 5.74) is 1.38. The summed E-state index contributed by atoms with van der Waals surface area (Å²) in [6, 6.07) is 12.9. The van der Waals surface area contributed by atoms with Crippen LogP contribution >= 0.6 is 0 Å². The molecule has 1 aromatic carbocycles. The van der Waals surface area contributed by atoms with Gasteiger partial charge in [0.25, 0.3) is 5.69 Å². The number of pyridine rings is 1. The van der Waals surface area contributed by atoms with Crippen LogP contribution in [0, 0.1) is 23.0 Å². The number of hydrogen-bond donors (Lipinski definition) is 0. The number of aromatic nitrogens is 1. The maximum atomic E-state index is 13.1. The predicted molar refractivity (Wildman–Crippen MR) is 89.7 cm³/mol. The largest absolute Gasteiger partial charge is 0.618 e. The number of nitrogens with zero attached hydrogens (tertiary/aromatic N) is 1. The van der Waals surface area contributed by atoms with Crippen molar-refractivity contribution >= 4 is 5.78 Å². The number of carbonyl (C=O) groups is 1. The van der Waals surface area contributed by atoms with E-state index in [1.165, 1.54) is 6.20 Å². The molecule has 0 spiro atoms. The van der Waals surface area contributed by atoms with Crippen LogP contribution in [-0.2, 0) is 0 Å². The van der Waals surface area contributed by atoms with Crippen LogP contribution in [-0.4, -0.2) is 12.9 Å². The lowest BCUT2D eigenvalue weighted by Gasteiger charge is -2.27. The quantitative estimate of drug-likeness (QED) is 0.376. The summed E-state index contributed by atoms with van der Waals surface area (Å²) in [6.45, 7) is 0. The molecule has 0 N–H and O–H groups in total. The Bertz CT molecular complexity index is 797. The zero-order chi connectivity index (χ0) is 16.7. The number of rotatable bonds is 4. The van der Waals surface area contributed by atoms with Crippen LogP contribution in [0.3, 0.4) is 0 Å². The van der Waals surface area contributed by atoms with Gasteiger partial charge in [0.2, 0.25) is 5.78 Å². The van der Waals surface area contributed by atoms with Gasteiger partial charge in [-0.3, -0.25) is 4.79 Å². The fraction of sp³-hybridized carbons (Fsp3) is 0.300. The standard InChI is InChI=1S/C20H19NO3/c1-24-16-9-7-13(8-10-16)18-14-5-6-15(12-14)19(18)20(22)17-4-2-3-11-21(17)23/h2-11,14-15,18-19H,12H2,1H3/t14-,15+,18+,19+/m1/s1. The van der Waals surface area contributed by atoms with E-state index in [9.17, 15) is 10.0 Å².